The fraction of sp³-hybridized carbons (Fsp3) is 0.400. The van der Waals surface area contributed by atoms with Crippen LogP contribution in [0.2, 0.25) is 5.02 Å². The molecule has 140 valence electrons. The van der Waals surface area contributed by atoms with E-state index in [0.717, 1.165) is 31.4 Å². The molecule has 4 nitrogen and oxygen atoms in total. The Morgan fingerprint density at radius 3 is 2.27 bits per heavy atom. The van der Waals surface area contributed by atoms with Crippen LogP contribution in [-0.2, 0) is 10.0 Å². The Balaban J connectivity index is 1.80. The fourth-order valence-corrected chi connectivity index (χ4v) is 4.99. The lowest BCUT2D eigenvalue weighted by Gasteiger charge is -2.39. The molecule has 2 aromatic rings. The molecule has 1 aliphatic rings. The minimum Gasteiger partial charge on any atom is -0.370 e. The lowest BCUT2D eigenvalue weighted by atomic mass is 9.90. The third-order valence-electron chi connectivity index (χ3n) is 5.10. The molecule has 1 aliphatic carbocycles. The van der Waals surface area contributed by atoms with Crippen molar-refractivity contribution < 1.29 is 8.42 Å². The molecule has 0 unspecified atom stereocenters. The molecule has 1 N–H and O–H groups in total. The second-order valence-electron chi connectivity index (χ2n) is 6.98. The van der Waals surface area contributed by atoms with E-state index >= 15 is 0 Å². The first-order valence-electron chi connectivity index (χ1n) is 8.94. The van der Waals surface area contributed by atoms with Gasteiger partial charge in [-0.15, -0.1) is 0 Å². The van der Waals surface area contributed by atoms with Gasteiger partial charge in [-0.3, -0.25) is 0 Å². The van der Waals surface area contributed by atoms with Crippen LogP contribution in [0.3, 0.4) is 0 Å². The van der Waals surface area contributed by atoms with Crippen molar-refractivity contribution in [2.24, 2.45) is 0 Å². The molecule has 0 aromatic heterocycles. The Morgan fingerprint density at radius 1 is 1.00 bits per heavy atom. The van der Waals surface area contributed by atoms with Crippen LogP contribution in [0.1, 0.15) is 31.2 Å². The first-order chi connectivity index (χ1) is 12.4. The molecule has 3 rings (SSSR count). The predicted octanol–water partition coefficient (Wildman–Crippen LogP) is 4.37. The highest BCUT2D eigenvalue weighted by Crippen LogP contribution is 2.28. The van der Waals surface area contributed by atoms with E-state index in [1.165, 1.54) is 5.56 Å². The minimum atomic E-state index is -3.57. The van der Waals surface area contributed by atoms with E-state index in [1.807, 2.05) is 7.05 Å². The summed E-state index contributed by atoms with van der Waals surface area (Å²) in [6, 6.07) is 14.7. The number of likely N-dealkylation sites (N-methyl/N-ethyl adjacent to an activating group) is 1. The number of hydrogen-bond donors (Lipinski definition) is 1. The van der Waals surface area contributed by atoms with E-state index in [0.29, 0.717) is 5.02 Å². The number of sulfonamides is 1. The van der Waals surface area contributed by atoms with Crippen molar-refractivity contribution in [2.75, 3.05) is 11.9 Å². The molecule has 2 atom stereocenters. The van der Waals surface area contributed by atoms with Gasteiger partial charge < -0.3 is 4.90 Å². The molecule has 0 bridgehead atoms. The maximum Gasteiger partial charge on any atom is 0.240 e. The zero-order valence-electron chi connectivity index (χ0n) is 15.2. The molecule has 0 heterocycles. The number of anilines is 1. The smallest absolute Gasteiger partial charge is 0.240 e. The van der Waals surface area contributed by atoms with Gasteiger partial charge in [0.2, 0.25) is 10.0 Å². The monoisotopic (exact) mass is 392 g/mol. The highest BCUT2D eigenvalue weighted by atomic mass is 35.5. The van der Waals surface area contributed by atoms with Crippen molar-refractivity contribution in [3.05, 3.63) is 59.1 Å². The van der Waals surface area contributed by atoms with Gasteiger partial charge in [-0.05, 0) is 56.2 Å². The molecule has 0 amide bonds. The maximum atomic E-state index is 12.8. The third-order valence-corrected chi connectivity index (χ3v) is 6.86. The Kier molecular flexibility index (Phi) is 5.90. The molecule has 2 aromatic carbocycles. The summed E-state index contributed by atoms with van der Waals surface area (Å²) in [5, 5.41) is 0.526. The van der Waals surface area contributed by atoms with Crippen molar-refractivity contribution >= 4 is 27.3 Å². The number of nitrogens with one attached hydrogen (secondary N) is 1. The average molecular weight is 393 g/mol. The van der Waals surface area contributed by atoms with Gasteiger partial charge in [-0.25, -0.2) is 13.1 Å². The highest BCUT2D eigenvalue weighted by molar-refractivity contribution is 7.89. The standard InChI is InChI=1S/C20H25ClN2O2S/c1-15-7-11-17(12-8-15)23(2)20-6-4-3-5-19(20)22-26(24,25)18-13-9-16(21)10-14-18/h7-14,19-20,22H,3-6H2,1-2H3/t19-,20+/m0/s1. The summed E-state index contributed by atoms with van der Waals surface area (Å²) in [6.07, 6.45) is 3.96. The van der Waals surface area contributed by atoms with Gasteiger partial charge in [-0.2, -0.15) is 0 Å². The Morgan fingerprint density at radius 2 is 1.62 bits per heavy atom. The Bertz CT molecular complexity index is 835. The summed E-state index contributed by atoms with van der Waals surface area (Å²) >= 11 is 5.88. The first-order valence-corrected chi connectivity index (χ1v) is 10.8. The van der Waals surface area contributed by atoms with Crippen LogP contribution in [0.5, 0.6) is 0 Å². The van der Waals surface area contributed by atoms with Crippen LogP contribution in [0, 0.1) is 6.92 Å². The summed E-state index contributed by atoms with van der Waals surface area (Å²) < 4.78 is 28.5. The Labute approximate surface area is 161 Å². The van der Waals surface area contributed by atoms with E-state index in [4.69, 9.17) is 11.6 Å². The van der Waals surface area contributed by atoms with E-state index in [-0.39, 0.29) is 17.0 Å². The van der Waals surface area contributed by atoms with Crippen LogP contribution in [0.15, 0.2) is 53.4 Å². The van der Waals surface area contributed by atoms with Crippen LogP contribution < -0.4 is 9.62 Å². The third kappa shape index (κ3) is 4.40. The molecule has 1 saturated carbocycles. The maximum absolute atomic E-state index is 12.8. The van der Waals surface area contributed by atoms with Gasteiger partial charge in [-0.1, -0.05) is 42.1 Å². The van der Waals surface area contributed by atoms with E-state index in [1.54, 1.807) is 24.3 Å². The molecule has 1 fully saturated rings. The quantitative estimate of drug-likeness (QED) is 0.821. The minimum absolute atomic E-state index is 0.115. The van der Waals surface area contributed by atoms with E-state index in [2.05, 4.69) is 40.8 Å². The van der Waals surface area contributed by atoms with Crippen molar-refractivity contribution in [1.82, 2.24) is 4.72 Å². The fourth-order valence-electron chi connectivity index (χ4n) is 3.56. The summed E-state index contributed by atoms with van der Waals surface area (Å²) in [5.41, 5.74) is 2.32. The number of aryl methyl sites for hydroxylation is 1. The largest absolute Gasteiger partial charge is 0.370 e. The molecule has 0 aliphatic heterocycles. The summed E-state index contributed by atoms with van der Waals surface area (Å²) in [6.45, 7) is 2.06. The van der Waals surface area contributed by atoms with Crippen molar-refractivity contribution in [2.45, 2.75) is 49.6 Å². The summed E-state index contributed by atoms with van der Waals surface area (Å²) in [7, 11) is -1.52. The van der Waals surface area contributed by atoms with Crippen molar-refractivity contribution in [1.29, 1.82) is 0 Å². The predicted molar refractivity (Wildman–Crippen MR) is 107 cm³/mol. The van der Waals surface area contributed by atoms with Gasteiger partial charge in [0.25, 0.3) is 0 Å². The second kappa shape index (κ2) is 7.99. The van der Waals surface area contributed by atoms with Crippen LogP contribution in [0.25, 0.3) is 0 Å². The molecule has 0 spiro atoms. The number of rotatable bonds is 5. The molecule has 0 radical (unpaired) electrons. The Hall–Kier alpha value is -1.56. The first kappa shape index (κ1) is 19.2. The molecule has 26 heavy (non-hydrogen) atoms. The lowest BCUT2D eigenvalue weighted by Crippen LogP contribution is -2.52. The van der Waals surface area contributed by atoms with E-state index in [9.17, 15) is 8.42 Å². The highest BCUT2D eigenvalue weighted by Gasteiger charge is 2.32. The average Bonchev–Trinajstić information content (AvgIpc) is 2.62. The van der Waals surface area contributed by atoms with Crippen LogP contribution >= 0.6 is 11.6 Å². The van der Waals surface area contributed by atoms with Gasteiger partial charge in [0, 0.05) is 29.8 Å². The summed E-state index contributed by atoms with van der Waals surface area (Å²) in [5.74, 6) is 0. The topological polar surface area (TPSA) is 49.4 Å². The zero-order chi connectivity index (χ0) is 18.7. The lowest BCUT2D eigenvalue weighted by molar-refractivity contribution is 0.351. The van der Waals surface area contributed by atoms with Gasteiger partial charge >= 0.3 is 0 Å². The number of nitrogens with zero attached hydrogens (tertiary/aromatic N) is 1. The number of hydrogen-bond acceptors (Lipinski definition) is 3. The normalized spacial score (nSPS) is 20.7. The van der Waals surface area contributed by atoms with Crippen LogP contribution in [-0.4, -0.2) is 27.5 Å². The second-order valence-corrected chi connectivity index (χ2v) is 9.13. The van der Waals surface area contributed by atoms with Gasteiger partial charge in [0.1, 0.15) is 0 Å². The van der Waals surface area contributed by atoms with Gasteiger partial charge in [0.05, 0.1) is 4.90 Å². The van der Waals surface area contributed by atoms with E-state index < -0.39 is 10.0 Å². The zero-order valence-corrected chi connectivity index (χ0v) is 16.7. The molecular weight excluding hydrogens is 368 g/mol. The SMILES string of the molecule is Cc1ccc(N(C)[C@@H]2CCCC[C@@H]2NS(=O)(=O)c2ccc(Cl)cc2)cc1. The van der Waals surface area contributed by atoms with Crippen LogP contribution in [0.4, 0.5) is 5.69 Å². The number of benzene rings is 2. The number of halogens is 1. The van der Waals surface area contributed by atoms with Crippen molar-refractivity contribution in [3.8, 4) is 0 Å². The molecule has 0 saturated heterocycles. The molecular formula is C20H25ClN2O2S. The van der Waals surface area contributed by atoms with Crippen molar-refractivity contribution in [3.63, 3.8) is 0 Å². The molecule has 6 heteroatoms. The summed E-state index contributed by atoms with van der Waals surface area (Å²) in [4.78, 5) is 2.46. The van der Waals surface area contributed by atoms with Gasteiger partial charge in [0.15, 0.2) is 0 Å².